The van der Waals surface area contributed by atoms with Crippen LogP contribution in [0.25, 0.3) is 11.0 Å². The molecule has 4 rings (SSSR count). The number of anilines is 1. The maximum absolute atomic E-state index is 12.7. The molecule has 0 amide bonds. The topological polar surface area (TPSA) is 86.7 Å². The van der Waals surface area contributed by atoms with Crippen molar-refractivity contribution in [3.05, 3.63) is 48.0 Å². The molecule has 3 N–H and O–H groups in total. The Bertz CT molecular complexity index is 1000. The summed E-state index contributed by atoms with van der Waals surface area (Å²) < 4.78 is 36.9. The lowest BCUT2D eigenvalue weighted by atomic mass is 10.1. The van der Waals surface area contributed by atoms with Gasteiger partial charge in [0.25, 0.3) is 0 Å². The predicted molar refractivity (Wildman–Crippen MR) is 92.7 cm³/mol. The number of para-hydroxylation sites is 2. The molecule has 0 saturated carbocycles. The second kappa shape index (κ2) is 6.17. The quantitative estimate of drug-likeness (QED) is 0.748. The third-order valence-electron chi connectivity index (χ3n) is 4.04. The van der Waals surface area contributed by atoms with E-state index in [1.807, 2.05) is 28.8 Å². The van der Waals surface area contributed by atoms with Crippen LogP contribution in [-0.4, -0.2) is 29.2 Å². The molecule has 2 aromatic carbocycles. The van der Waals surface area contributed by atoms with Gasteiger partial charge in [-0.3, -0.25) is 9.88 Å². The van der Waals surface area contributed by atoms with E-state index in [-0.39, 0.29) is 17.5 Å². The molecule has 0 fully saturated rings. The van der Waals surface area contributed by atoms with Crippen LogP contribution in [0, 0.1) is 0 Å². The predicted octanol–water partition coefficient (Wildman–Crippen LogP) is 2.93. The van der Waals surface area contributed by atoms with Gasteiger partial charge < -0.3 is 15.2 Å². The van der Waals surface area contributed by atoms with Crippen molar-refractivity contribution in [2.24, 2.45) is 10.7 Å². The SMILES string of the molecule is COc1ccc([C@@H]2N=C(N)Nc3nc4ccccc4n32)cc1OC(F)F. The number of guanidine groups is 1. The first-order valence-corrected chi connectivity index (χ1v) is 7.77. The highest BCUT2D eigenvalue weighted by Crippen LogP contribution is 2.37. The number of nitrogens with zero attached hydrogens (tertiary/aromatic N) is 3. The van der Waals surface area contributed by atoms with Crippen LogP contribution < -0.4 is 20.5 Å². The maximum Gasteiger partial charge on any atom is 0.387 e. The summed E-state index contributed by atoms with van der Waals surface area (Å²) >= 11 is 0. The molecule has 9 heteroatoms. The molecule has 0 saturated heterocycles. The standard InChI is InChI=1S/C17H15F2N5O2/c1-25-12-7-6-9(8-13(12)26-15(18)19)14-22-16(20)23-17-21-10-4-2-3-5-11(10)24(14)17/h2-8,14-15H,1H3,(H3,20,21,22,23)/t14-/m1/s1. The third kappa shape index (κ3) is 2.67. The minimum absolute atomic E-state index is 0.0710. The van der Waals surface area contributed by atoms with Crippen LogP contribution >= 0.6 is 0 Å². The molecule has 7 nitrogen and oxygen atoms in total. The molecule has 0 bridgehead atoms. The summed E-state index contributed by atoms with van der Waals surface area (Å²) in [5.41, 5.74) is 8.09. The minimum Gasteiger partial charge on any atom is -0.493 e. The summed E-state index contributed by atoms with van der Waals surface area (Å²) in [6.45, 7) is -2.97. The number of aliphatic imine (C=N–C) groups is 1. The monoisotopic (exact) mass is 359 g/mol. The minimum atomic E-state index is -2.97. The fraction of sp³-hybridized carbons (Fsp3) is 0.176. The zero-order valence-electron chi connectivity index (χ0n) is 13.7. The van der Waals surface area contributed by atoms with Gasteiger partial charge in [-0.1, -0.05) is 18.2 Å². The van der Waals surface area contributed by atoms with E-state index in [2.05, 4.69) is 20.0 Å². The molecule has 1 aromatic heterocycles. The Morgan fingerprint density at radius 1 is 1.19 bits per heavy atom. The molecule has 1 atom stereocenters. The molecule has 134 valence electrons. The number of methoxy groups -OCH3 is 1. The Morgan fingerprint density at radius 2 is 2.00 bits per heavy atom. The fourth-order valence-corrected chi connectivity index (χ4v) is 2.98. The Morgan fingerprint density at radius 3 is 2.77 bits per heavy atom. The first-order chi connectivity index (χ1) is 12.6. The number of aromatic nitrogens is 2. The van der Waals surface area contributed by atoms with Crippen LogP contribution in [-0.2, 0) is 0 Å². The zero-order chi connectivity index (χ0) is 18.3. The highest BCUT2D eigenvalue weighted by atomic mass is 19.3. The molecule has 3 aromatic rings. The van der Waals surface area contributed by atoms with E-state index in [4.69, 9.17) is 10.5 Å². The van der Waals surface area contributed by atoms with Gasteiger partial charge >= 0.3 is 6.61 Å². The third-order valence-corrected chi connectivity index (χ3v) is 4.04. The number of ether oxygens (including phenoxy) is 2. The second-order valence-electron chi connectivity index (χ2n) is 5.60. The molecule has 1 aliphatic rings. The van der Waals surface area contributed by atoms with Crippen LogP contribution in [0.5, 0.6) is 11.5 Å². The van der Waals surface area contributed by atoms with E-state index in [9.17, 15) is 8.78 Å². The van der Waals surface area contributed by atoms with Crippen molar-refractivity contribution in [2.75, 3.05) is 12.4 Å². The Balaban J connectivity index is 1.86. The van der Waals surface area contributed by atoms with Crippen molar-refractivity contribution in [2.45, 2.75) is 12.8 Å². The van der Waals surface area contributed by atoms with Crippen molar-refractivity contribution in [3.63, 3.8) is 0 Å². The largest absolute Gasteiger partial charge is 0.493 e. The molecule has 2 heterocycles. The molecule has 1 aliphatic heterocycles. The Hall–Kier alpha value is -3.36. The normalized spacial score (nSPS) is 16.2. The zero-order valence-corrected chi connectivity index (χ0v) is 13.7. The van der Waals surface area contributed by atoms with Crippen LogP contribution in [0.15, 0.2) is 47.5 Å². The number of nitrogens with two attached hydrogens (primary N) is 1. The number of alkyl halides is 2. The van der Waals surface area contributed by atoms with Gasteiger partial charge in [-0.15, -0.1) is 0 Å². The summed E-state index contributed by atoms with van der Waals surface area (Å²) in [5, 5.41) is 2.92. The van der Waals surface area contributed by atoms with Gasteiger partial charge in [-0.25, -0.2) is 9.98 Å². The highest BCUT2D eigenvalue weighted by Gasteiger charge is 2.26. The fourth-order valence-electron chi connectivity index (χ4n) is 2.98. The summed E-state index contributed by atoms with van der Waals surface area (Å²) in [4.78, 5) is 8.91. The average molecular weight is 359 g/mol. The van der Waals surface area contributed by atoms with Gasteiger partial charge in [0.1, 0.15) is 0 Å². The average Bonchev–Trinajstić information content (AvgIpc) is 2.98. The number of hydrogen-bond acceptors (Lipinski definition) is 6. The van der Waals surface area contributed by atoms with Gasteiger partial charge in [0.05, 0.1) is 18.1 Å². The van der Waals surface area contributed by atoms with E-state index < -0.39 is 12.8 Å². The lowest BCUT2D eigenvalue weighted by Gasteiger charge is -2.24. The van der Waals surface area contributed by atoms with Crippen molar-refractivity contribution in [1.82, 2.24) is 9.55 Å². The van der Waals surface area contributed by atoms with Crippen LogP contribution in [0.4, 0.5) is 14.7 Å². The Labute approximate surface area is 147 Å². The number of nitrogens with one attached hydrogen (secondary N) is 1. The van der Waals surface area contributed by atoms with E-state index in [1.54, 1.807) is 12.1 Å². The first-order valence-electron chi connectivity index (χ1n) is 7.77. The van der Waals surface area contributed by atoms with Gasteiger partial charge in [-0.2, -0.15) is 8.78 Å². The first kappa shape index (κ1) is 16.1. The van der Waals surface area contributed by atoms with Gasteiger partial charge in [-0.05, 0) is 24.3 Å². The second-order valence-corrected chi connectivity index (χ2v) is 5.60. The van der Waals surface area contributed by atoms with Crippen molar-refractivity contribution in [1.29, 1.82) is 0 Å². The molecule has 0 spiro atoms. The molecule has 26 heavy (non-hydrogen) atoms. The van der Waals surface area contributed by atoms with E-state index in [1.165, 1.54) is 13.2 Å². The highest BCUT2D eigenvalue weighted by molar-refractivity contribution is 5.94. The smallest absolute Gasteiger partial charge is 0.387 e. The molecule has 0 unspecified atom stereocenters. The van der Waals surface area contributed by atoms with Crippen molar-refractivity contribution >= 4 is 22.9 Å². The molecular formula is C17H15F2N5O2. The summed E-state index contributed by atoms with van der Waals surface area (Å²) in [6.07, 6.45) is -0.579. The number of hydrogen-bond donors (Lipinski definition) is 2. The van der Waals surface area contributed by atoms with Gasteiger partial charge in [0, 0.05) is 5.56 Å². The molecular weight excluding hydrogens is 344 g/mol. The lowest BCUT2D eigenvalue weighted by molar-refractivity contribution is -0.0512. The van der Waals surface area contributed by atoms with E-state index in [0.29, 0.717) is 11.5 Å². The molecule has 0 radical (unpaired) electrons. The number of benzene rings is 2. The number of halogens is 2. The number of rotatable bonds is 4. The summed E-state index contributed by atoms with van der Waals surface area (Å²) in [5.74, 6) is 0.842. The van der Waals surface area contributed by atoms with Crippen LogP contribution in [0.1, 0.15) is 11.7 Å². The Kier molecular flexibility index (Phi) is 3.83. The van der Waals surface area contributed by atoms with Crippen LogP contribution in [0.2, 0.25) is 0 Å². The molecule has 0 aliphatic carbocycles. The lowest BCUT2D eigenvalue weighted by Crippen LogP contribution is -2.31. The number of imidazole rings is 1. The van der Waals surface area contributed by atoms with E-state index >= 15 is 0 Å². The van der Waals surface area contributed by atoms with Crippen LogP contribution in [0.3, 0.4) is 0 Å². The van der Waals surface area contributed by atoms with Gasteiger partial charge in [0.2, 0.25) is 5.95 Å². The summed E-state index contributed by atoms with van der Waals surface area (Å²) in [7, 11) is 1.38. The van der Waals surface area contributed by atoms with E-state index in [0.717, 1.165) is 11.0 Å². The summed E-state index contributed by atoms with van der Waals surface area (Å²) in [6, 6.07) is 12.3. The number of fused-ring (bicyclic) bond motifs is 3. The maximum atomic E-state index is 12.7. The van der Waals surface area contributed by atoms with Crippen molar-refractivity contribution in [3.8, 4) is 11.5 Å². The van der Waals surface area contributed by atoms with Gasteiger partial charge in [0.15, 0.2) is 23.6 Å². The van der Waals surface area contributed by atoms with Crippen molar-refractivity contribution < 1.29 is 18.3 Å².